The predicted octanol–water partition coefficient (Wildman–Crippen LogP) is 3.17. The minimum absolute atomic E-state index is 0.266. The molecule has 5 nitrogen and oxygen atoms in total. The molecule has 1 aromatic carbocycles. The summed E-state index contributed by atoms with van der Waals surface area (Å²) in [5.41, 5.74) is 0.889. The van der Waals surface area contributed by atoms with Gasteiger partial charge in [-0.05, 0) is 50.5 Å². The molecular formula is C19H31N3O2S. The number of guanidine groups is 1. The van der Waals surface area contributed by atoms with Crippen LogP contribution in [0.2, 0.25) is 0 Å². The highest BCUT2D eigenvalue weighted by Crippen LogP contribution is 2.27. The summed E-state index contributed by atoms with van der Waals surface area (Å²) in [5, 5.41) is 17.7. The third-order valence-corrected chi connectivity index (χ3v) is 5.68. The molecule has 1 saturated carbocycles. The lowest BCUT2D eigenvalue weighted by molar-refractivity contribution is 0.406. The molecule has 140 valence electrons. The van der Waals surface area contributed by atoms with Gasteiger partial charge in [0.15, 0.2) is 5.96 Å². The molecule has 25 heavy (non-hydrogen) atoms. The second-order valence-electron chi connectivity index (χ2n) is 6.37. The van der Waals surface area contributed by atoms with Gasteiger partial charge in [0, 0.05) is 30.4 Å². The summed E-state index contributed by atoms with van der Waals surface area (Å²) < 4.78 is 5.12. The molecule has 1 aliphatic rings. The van der Waals surface area contributed by atoms with Crippen molar-refractivity contribution in [3.8, 4) is 11.5 Å². The minimum atomic E-state index is 0.266. The van der Waals surface area contributed by atoms with Gasteiger partial charge in [-0.25, -0.2) is 0 Å². The van der Waals surface area contributed by atoms with Crippen LogP contribution in [0.4, 0.5) is 0 Å². The lowest BCUT2D eigenvalue weighted by Crippen LogP contribution is -2.45. The standard InChI is InChI=1S/C19H31N3O2S/c1-4-20-19(22-15-6-5-7-17(12-15)25-3)21-11-10-14-8-9-16(24-2)13-18(14)23/h8-9,13,15,17,23H,4-7,10-12H2,1-3H3,(H2,20,21,22). The van der Waals surface area contributed by atoms with Crippen molar-refractivity contribution >= 4 is 17.7 Å². The second-order valence-corrected chi connectivity index (χ2v) is 7.51. The van der Waals surface area contributed by atoms with Crippen molar-refractivity contribution in [3.05, 3.63) is 23.8 Å². The molecule has 2 unspecified atom stereocenters. The van der Waals surface area contributed by atoms with Crippen molar-refractivity contribution in [2.24, 2.45) is 4.99 Å². The molecule has 1 aromatic rings. The number of methoxy groups -OCH3 is 1. The number of phenols is 1. The SMILES string of the molecule is CCNC(=NCCc1ccc(OC)cc1O)NC1CCCC(SC)C1. The van der Waals surface area contributed by atoms with Gasteiger partial charge >= 0.3 is 0 Å². The zero-order valence-electron chi connectivity index (χ0n) is 15.5. The summed E-state index contributed by atoms with van der Waals surface area (Å²) in [6, 6.07) is 5.91. The highest BCUT2D eigenvalue weighted by atomic mass is 32.2. The normalized spacial score (nSPS) is 21.0. The van der Waals surface area contributed by atoms with E-state index < -0.39 is 0 Å². The number of thioether (sulfide) groups is 1. The van der Waals surface area contributed by atoms with E-state index in [4.69, 9.17) is 4.74 Å². The first kappa shape index (κ1) is 19.8. The highest BCUT2D eigenvalue weighted by Gasteiger charge is 2.21. The molecule has 0 spiro atoms. The fraction of sp³-hybridized carbons (Fsp3) is 0.632. The van der Waals surface area contributed by atoms with E-state index in [9.17, 15) is 5.11 Å². The summed E-state index contributed by atoms with van der Waals surface area (Å²) >= 11 is 1.97. The molecule has 0 bridgehead atoms. The van der Waals surface area contributed by atoms with Crippen LogP contribution in [0.5, 0.6) is 11.5 Å². The molecule has 0 saturated heterocycles. The molecule has 1 fully saturated rings. The summed E-state index contributed by atoms with van der Waals surface area (Å²) in [5.74, 6) is 1.81. The number of aliphatic imine (C=N–C) groups is 1. The maximum atomic E-state index is 10.0. The van der Waals surface area contributed by atoms with Gasteiger partial charge in [-0.1, -0.05) is 12.5 Å². The third kappa shape index (κ3) is 6.34. The molecular weight excluding hydrogens is 334 g/mol. The van der Waals surface area contributed by atoms with Gasteiger partial charge in [-0.2, -0.15) is 11.8 Å². The van der Waals surface area contributed by atoms with Gasteiger partial charge in [0.2, 0.25) is 0 Å². The quantitative estimate of drug-likeness (QED) is 0.512. The molecule has 3 N–H and O–H groups in total. The predicted molar refractivity (Wildman–Crippen MR) is 107 cm³/mol. The lowest BCUT2D eigenvalue weighted by atomic mass is 9.95. The molecule has 1 aliphatic carbocycles. The smallest absolute Gasteiger partial charge is 0.191 e. The second kappa shape index (κ2) is 10.4. The molecule has 0 amide bonds. The van der Waals surface area contributed by atoms with Crippen molar-refractivity contribution in [1.82, 2.24) is 10.6 Å². The maximum Gasteiger partial charge on any atom is 0.191 e. The summed E-state index contributed by atoms with van der Waals surface area (Å²) in [4.78, 5) is 4.68. The van der Waals surface area contributed by atoms with E-state index in [1.165, 1.54) is 25.7 Å². The Morgan fingerprint density at radius 2 is 2.24 bits per heavy atom. The first-order chi connectivity index (χ1) is 12.2. The van der Waals surface area contributed by atoms with Crippen LogP contribution in [0.1, 0.15) is 38.2 Å². The van der Waals surface area contributed by atoms with Gasteiger partial charge in [-0.15, -0.1) is 0 Å². The summed E-state index contributed by atoms with van der Waals surface area (Å²) in [7, 11) is 1.60. The fourth-order valence-corrected chi connectivity index (χ4v) is 4.00. The number of rotatable bonds is 7. The fourth-order valence-electron chi connectivity index (χ4n) is 3.17. The largest absolute Gasteiger partial charge is 0.508 e. The monoisotopic (exact) mass is 365 g/mol. The van der Waals surface area contributed by atoms with Crippen LogP contribution in [-0.4, -0.2) is 48.8 Å². The van der Waals surface area contributed by atoms with Crippen LogP contribution in [0.25, 0.3) is 0 Å². The molecule has 0 radical (unpaired) electrons. The van der Waals surface area contributed by atoms with Crippen molar-refractivity contribution < 1.29 is 9.84 Å². The van der Waals surface area contributed by atoms with Crippen LogP contribution < -0.4 is 15.4 Å². The van der Waals surface area contributed by atoms with Crippen molar-refractivity contribution in [3.63, 3.8) is 0 Å². The van der Waals surface area contributed by atoms with E-state index in [-0.39, 0.29) is 5.75 Å². The first-order valence-corrected chi connectivity index (χ1v) is 10.4. The van der Waals surface area contributed by atoms with Crippen LogP contribution in [-0.2, 0) is 6.42 Å². The van der Waals surface area contributed by atoms with E-state index >= 15 is 0 Å². The number of aromatic hydroxyl groups is 1. The Bertz CT molecular complexity index is 566. The van der Waals surface area contributed by atoms with Crippen molar-refractivity contribution in [2.75, 3.05) is 26.5 Å². The Morgan fingerprint density at radius 3 is 2.92 bits per heavy atom. The number of phenolic OH excluding ortho intramolecular Hbond substituents is 1. The first-order valence-electron chi connectivity index (χ1n) is 9.09. The highest BCUT2D eigenvalue weighted by molar-refractivity contribution is 7.99. The molecule has 0 aliphatic heterocycles. The van der Waals surface area contributed by atoms with Crippen LogP contribution in [0.3, 0.4) is 0 Å². The average Bonchev–Trinajstić information content (AvgIpc) is 2.63. The van der Waals surface area contributed by atoms with Crippen LogP contribution in [0.15, 0.2) is 23.2 Å². The van der Waals surface area contributed by atoms with Gasteiger partial charge < -0.3 is 20.5 Å². The van der Waals surface area contributed by atoms with Crippen LogP contribution >= 0.6 is 11.8 Å². The van der Waals surface area contributed by atoms with E-state index in [2.05, 4.69) is 28.8 Å². The number of ether oxygens (including phenoxy) is 1. The van der Waals surface area contributed by atoms with E-state index in [0.717, 1.165) is 23.3 Å². The summed E-state index contributed by atoms with van der Waals surface area (Å²) in [6.07, 6.45) is 7.91. The molecule has 2 atom stereocenters. The number of hydrogen-bond donors (Lipinski definition) is 3. The van der Waals surface area contributed by atoms with Crippen molar-refractivity contribution in [1.29, 1.82) is 0 Å². The number of hydrogen-bond acceptors (Lipinski definition) is 4. The Morgan fingerprint density at radius 1 is 1.40 bits per heavy atom. The number of nitrogens with zero attached hydrogens (tertiary/aromatic N) is 1. The Hall–Kier alpha value is -1.56. The van der Waals surface area contributed by atoms with Gasteiger partial charge in [0.25, 0.3) is 0 Å². The molecule has 0 heterocycles. The lowest BCUT2D eigenvalue weighted by Gasteiger charge is -2.29. The average molecular weight is 366 g/mol. The van der Waals surface area contributed by atoms with Gasteiger partial charge in [0.05, 0.1) is 7.11 Å². The van der Waals surface area contributed by atoms with Crippen molar-refractivity contribution in [2.45, 2.75) is 50.3 Å². The Balaban J connectivity index is 1.90. The Kier molecular flexibility index (Phi) is 8.25. The topological polar surface area (TPSA) is 65.9 Å². The van der Waals surface area contributed by atoms with E-state index in [1.54, 1.807) is 13.2 Å². The molecule has 0 aromatic heterocycles. The Labute approximate surface area is 155 Å². The number of nitrogens with one attached hydrogen (secondary N) is 2. The van der Waals surface area contributed by atoms with Crippen LogP contribution in [0, 0.1) is 0 Å². The number of benzene rings is 1. The van der Waals surface area contributed by atoms with Gasteiger partial charge in [-0.3, -0.25) is 4.99 Å². The summed E-state index contributed by atoms with van der Waals surface area (Å²) in [6.45, 7) is 3.56. The molecule has 6 heteroatoms. The maximum absolute atomic E-state index is 10.0. The van der Waals surface area contributed by atoms with E-state index in [1.807, 2.05) is 23.9 Å². The minimum Gasteiger partial charge on any atom is -0.508 e. The third-order valence-electron chi connectivity index (χ3n) is 4.59. The van der Waals surface area contributed by atoms with Gasteiger partial charge in [0.1, 0.15) is 11.5 Å². The van der Waals surface area contributed by atoms with E-state index in [0.29, 0.717) is 24.8 Å². The zero-order chi connectivity index (χ0) is 18.1. The zero-order valence-corrected chi connectivity index (χ0v) is 16.4. The molecule has 2 rings (SSSR count).